The van der Waals surface area contributed by atoms with Crippen LogP contribution in [0.3, 0.4) is 0 Å². The van der Waals surface area contributed by atoms with E-state index in [-0.39, 0.29) is 11.7 Å². The summed E-state index contributed by atoms with van der Waals surface area (Å²) < 4.78 is 7.35. The molecule has 0 aliphatic heterocycles. The van der Waals surface area contributed by atoms with Crippen LogP contribution in [0.5, 0.6) is 5.75 Å². The molecule has 7 heteroatoms. The fraction of sp³-hybridized carbons (Fsp3) is 0.200. The Morgan fingerprint density at radius 2 is 2.19 bits per heavy atom. The molecule has 0 bridgehead atoms. The van der Waals surface area contributed by atoms with Gasteiger partial charge in [-0.15, -0.1) is 6.58 Å². The highest BCUT2D eigenvalue weighted by Crippen LogP contribution is 2.31. The standard InChI is InChI=1S/C20H20ClN3O2S/c1-4-9-24-17-8-6-5-7-15(17)23-20(24)27-12-19(25)22-16-10-13(2)14(21)11-18(16)26-3/h4-8,10-11H,1,9,12H2,2-3H3,(H,22,25). The maximum atomic E-state index is 12.5. The van der Waals surface area contributed by atoms with Crippen molar-refractivity contribution in [1.82, 2.24) is 9.55 Å². The number of anilines is 1. The summed E-state index contributed by atoms with van der Waals surface area (Å²) in [4.78, 5) is 17.1. The van der Waals surface area contributed by atoms with Crippen LogP contribution >= 0.6 is 23.4 Å². The number of para-hydroxylation sites is 2. The summed E-state index contributed by atoms with van der Waals surface area (Å²) in [6, 6.07) is 11.4. The van der Waals surface area contributed by atoms with Gasteiger partial charge in [0, 0.05) is 17.6 Å². The van der Waals surface area contributed by atoms with E-state index in [2.05, 4.69) is 16.9 Å². The number of aryl methyl sites for hydroxylation is 1. The molecule has 0 radical (unpaired) electrons. The van der Waals surface area contributed by atoms with Crippen molar-refractivity contribution in [3.05, 3.63) is 59.6 Å². The highest BCUT2D eigenvalue weighted by Gasteiger charge is 2.14. The highest BCUT2D eigenvalue weighted by atomic mass is 35.5. The Kier molecular flexibility index (Phi) is 6.08. The monoisotopic (exact) mass is 401 g/mol. The van der Waals surface area contributed by atoms with Crippen molar-refractivity contribution < 1.29 is 9.53 Å². The molecular weight excluding hydrogens is 382 g/mol. The van der Waals surface area contributed by atoms with Crippen LogP contribution < -0.4 is 10.1 Å². The Morgan fingerprint density at radius 1 is 1.41 bits per heavy atom. The van der Waals surface area contributed by atoms with Crippen molar-refractivity contribution >= 4 is 46.0 Å². The summed E-state index contributed by atoms with van der Waals surface area (Å²) in [5.41, 5.74) is 3.39. The van der Waals surface area contributed by atoms with Crippen LogP contribution in [-0.2, 0) is 11.3 Å². The van der Waals surface area contributed by atoms with E-state index < -0.39 is 0 Å². The molecule has 0 spiro atoms. The van der Waals surface area contributed by atoms with E-state index in [9.17, 15) is 4.79 Å². The van der Waals surface area contributed by atoms with Crippen LogP contribution in [0, 0.1) is 6.92 Å². The Morgan fingerprint density at radius 3 is 2.93 bits per heavy atom. The molecule has 0 fully saturated rings. The fourth-order valence-corrected chi connectivity index (χ4v) is 3.69. The van der Waals surface area contributed by atoms with Gasteiger partial charge in [0.1, 0.15) is 5.75 Å². The first-order valence-corrected chi connectivity index (χ1v) is 9.72. The van der Waals surface area contributed by atoms with Gasteiger partial charge in [0.05, 0.1) is 29.6 Å². The lowest BCUT2D eigenvalue weighted by Crippen LogP contribution is -2.15. The second-order valence-corrected chi connectivity index (χ2v) is 7.27. The minimum Gasteiger partial charge on any atom is -0.495 e. The predicted octanol–water partition coefficient (Wildman–Crippen LogP) is 4.92. The molecule has 3 aromatic rings. The zero-order valence-corrected chi connectivity index (χ0v) is 16.7. The molecule has 27 heavy (non-hydrogen) atoms. The Balaban J connectivity index is 1.75. The van der Waals surface area contributed by atoms with Crippen molar-refractivity contribution in [2.45, 2.75) is 18.6 Å². The first-order valence-electron chi connectivity index (χ1n) is 8.36. The molecule has 0 aliphatic rings. The van der Waals surface area contributed by atoms with E-state index in [0.29, 0.717) is 23.0 Å². The number of imidazole rings is 1. The zero-order valence-electron chi connectivity index (χ0n) is 15.2. The normalized spacial score (nSPS) is 10.8. The average molecular weight is 402 g/mol. The van der Waals surface area contributed by atoms with E-state index in [4.69, 9.17) is 16.3 Å². The van der Waals surface area contributed by atoms with Crippen molar-refractivity contribution in [3.8, 4) is 5.75 Å². The highest BCUT2D eigenvalue weighted by molar-refractivity contribution is 7.99. The van der Waals surface area contributed by atoms with Crippen LogP contribution in [0.15, 0.2) is 54.2 Å². The quantitative estimate of drug-likeness (QED) is 0.450. The van der Waals surface area contributed by atoms with E-state index in [1.165, 1.54) is 11.8 Å². The first kappa shape index (κ1) is 19.3. The molecule has 3 rings (SSSR count). The Labute approximate surface area is 167 Å². The smallest absolute Gasteiger partial charge is 0.234 e. The third kappa shape index (κ3) is 4.28. The lowest BCUT2D eigenvalue weighted by Gasteiger charge is -2.12. The predicted molar refractivity (Wildman–Crippen MR) is 112 cm³/mol. The van der Waals surface area contributed by atoms with E-state index in [0.717, 1.165) is 21.8 Å². The van der Waals surface area contributed by atoms with Gasteiger partial charge in [-0.25, -0.2) is 4.98 Å². The minimum absolute atomic E-state index is 0.141. The molecule has 5 nitrogen and oxygen atoms in total. The number of ether oxygens (including phenoxy) is 1. The van der Waals surface area contributed by atoms with Crippen LogP contribution in [-0.4, -0.2) is 28.3 Å². The molecule has 1 N–H and O–H groups in total. The van der Waals surface area contributed by atoms with Gasteiger partial charge in [-0.2, -0.15) is 0 Å². The third-order valence-electron chi connectivity index (χ3n) is 4.02. The minimum atomic E-state index is -0.141. The number of hydrogen-bond donors (Lipinski definition) is 1. The van der Waals surface area contributed by atoms with Crippen LogP contribution in [0.2, 0.25) is 5.02 Å². The van der Waals surface area contributed by atoms with E-state index in [1.54, 1.807) is 19.2 Å². The first-order chi connectivity index (χ1) is 13.0. The Bertz CT molecular complexity index is 1000. The molecule has 0 atom stereocenters. The van der Waals surface area contributed by atoms with Crippen LogP contribution in [0.4, 0.5) is 5.69 Å². The van der Waals surface area contributed by atoms with Crippen molar-refractivity contribution in [3.63, 3.8) is 0 Å². The topological polar surface area (TPSA) is 56.2 Å². The number of nitrogens with one attached hydrogen (secondary N) is 1. The summed E-state index contributed by atoms with van der Waals surface area (Å²) in [6.45, 7) is 6.32. The van der Waals surface area contributed by atoms with Crippen LogP contribution in [0.25, 0.3) is 11.0 Å². The number of carbonyl (C=O) groups excluding carboxylic acids is 1. The number of allylic oxidation sites excluding steroid dienone is 1. The van der Waals surface area contributed by atoms with Crippen molar-refractivity contribution in [2.75, 3.05) is 18.2 Å². The number of aromatic nitrogens is 2. The van der Waals surface area contributed by atoms with Gasteiger partial charge in [0.25, 0.3) is 0 Å². The van der Waals surface area contributed by atoms with E-state index >= 15 is 0 Å². The summed E-state index contributed by atoms with van der Waals surface area (Å²) in [5, 5.41) is 4.26. The second kappa shape index (κ2) is 8.50. The summed E-state index contributed by atoms with van der Waals surface area (Å²) in [6.07, 6.45) is 1.82. The zero-order chi connectivity index (χ0) is 19.4. The number of nitrogens with zero attached hydrogens (tertiary/aromatic N) is 2. The van der Waals surface area contributed by atoms with Gasteiger partial charge >= 0.3 is 0 Å². The summed E-state index contributed by atoms with van der Waals surface area (Å²) in [5.74, 6) is 0.616. The summed E-state index contributed by atoms with van der Waals surface area (Å²) in [7, 11) is 1.54. The van der Waals surface area contributed by atoms with Gasteiger partial charge in [0.2, 0.25) is 5.91 Å². The number of hydrogen-bond acceptors (Lipinski definition) is 4. The van der Waals surface area contributed by atoms with E-state index in [1.807, 2.05) is 41.8 Å². The fourth-order valence-electron chi connectivity index (χ4n) is 2.72. The maximum absolute atomic E-state index is 12.5. The van der Waals surface area contributed by atoms with Gasteiger partial charge in [-0.05, 0) is 30.7 Å². The SMILES string of the molecule is C=CCn1c(SCC(=O)Nc2cc(C)c(Cl)cc2OC)nc2ccccc21. The Hall–Kier alpha value is -2.44. The molecule has 1 heterocycles. The number of halogens is 1. The van der Waals surface area contributed by atoms with Gasteiger partial charge in [0.15, 0.2) is 5.16 Å². The molecule has 140 valence electrons. The average Bonchev–Trinajstić information content (AvgIpc) is 3.01. The molecule has 0 saturated heterocycles. The molecular formula is C20H20ClN3O2S. The number of rotatable bonds is 7. The van der Waals surface area contributed by atoms with Gasteiger partial charge in [-0.1, -0.05) is 41.6 Å². The second-order valence-electron chi connectivity index (χ2n) is 5.92. The van der Waals surface area contributed by atoms with Crippen molar-refractivity contribution in [2.24, 2.45) is 0 Å². The number of carbonyl (C=O) groups is 1. The number of thioether (sulfide) groups is 1. The molecule has 1 amide bonds. The molecule has 0 aliphatic carbocycles. The molecule has 0 saturated carbocycles. The lowest BCUT2D eigenvalue weighted by molar-refractivity contribution is -0.113. The van der Waals surface area contributed by atoms with Crippen LogP contribution in [0.1, 0.15) is 5.56 Å². The largest absolute Gasteiger partial charge is 0.495 e. The number of amides is 1. The number of fused-ring (bicyclic) bond motifs is 1. The van der Waals surface area contributed by atoms with Gasteiger partial charge < -0.3 is 14.6 Å². The molecule has 2 aromatic carbocycles. The maximum Gasteiger partial charge on any atom is 0.234 e. The summed E-state index contributed by atoms with van der Waals surface area (Å²) >= 11 is 7.50. The molecule has 0 unspecified atom stereocenters. The number of methoxy groups -OCH3 is 1. The molecule has 1 aromatic heterocycles. The van der Waals surface area contributed by atoms with Crippen molar-refractivity contribution in [1.29, 1.82) is 0 Å². The van der Waals surface area contributed by atoms with Gasteiger partial charge in [-0.3, -0.25) is 4.79 Å². The third-order valence-corrected chi connectivity index (χ3v) is 5.40. The lowest BCUT2D eigenvalue weighted by atomic mass is 10.2. The number of benzene rings is 2.